The Morgan fingerprint density at radius 1 is 1.17 bits per heavy atom. The van der Waals surface area contributed by atoms with Gasteiger partial charge in [0.1, 0.15) is 17.2 Å². The Morgan fingerprint density at radius 2 is 1.90 bits per heavy atom. The molecular formula is C31H54N4O5S. The quantitative estimate of drug-likeness (QED) is 0.208. The van der Waals surface area contributed by atoms with E-state index in [1.165, 1.54) is 11.3 Å². The molecule has 5 atom stereocenters. The van der Waals surface area contributed by atoms with Gasteiger partial charge in [-0.2, -0.15) is 0 Å². The summed E-state index contributed by atoms with van der Waals surface area (Å²) in [5.74, 6) is -1.07. The van der Waals surface area contributed by atoms with Crippen molar-refractivity contribution in [3.8, 4) is 0 Å². The molecule has 1 aliphatic rings. The molecule has 1 aromatic rings. The summed E-state index contributed by atoms with van der Waals surface area (Å²) in [4.78, 5) is 47.9. The van der Waals surface area contributed by atoms with Crippen LogP contribution in [-0.2, 0) is 14.3 Å². The summed E-state index contributed by atoms with van der Waals surface area (Å²) < 4.78 is 6.10. The second-order valence-corrected chi connectivity index (χ2v) is 12.7. The number of likely N-dealkylation sites (tertiary alicyclic amines) is 1. The van der Waals surface area contributed by atoms with Crippen LogP contribution >= 0.6 is 11.3 Å². The number of carbonyl (C=O) groups is 3. The molecule has 10 heteroatoms. The lowest BCUT2D eigenvalue weighted by Gasteiger charge is -2.40. The van der Waals surface area contributed by atoms with Crippen molar-refractivity contribution >= 4 is 29.1 Å². The molecule has 9 nitrogen and oxygen atoms in total. The molecule has 2 N–H and O–H groups in total. The Kier molecular flexibility index (Phi) is 15.3. The maximum atomic E-state index is 14.5. The Balaban J connectivity index is 2.39. The van der Waals surface area contributed by atoms with E-state index in [-0.39, 0.29) is 41.4 Å². The number of hydrogen-bond donors (Lipinski definition) is 2. The number of rotatable bonds is 18. The number of aromatic nitrogens is 1. The van der Waals surface area contributed by atoms with Gasteiger partial charge >= 0.3 is 5.97 Å². The van der Waals surface area contributed by atoms with Crippen molar-refractivity contribution < 1.29 is 24.2 Å². The number of piperidine rings is 1. The Morgan fingerprint density at radius 3 is 2.46 bits per heavy atom. The fourth-order valence-corrected chi connectivity index (χ4v) is 6.47. The van der Waals surface area contributed by atoms with E-state index in [0.29, 0.717) is 24.6 Å². The molecule has 0 radical (unpaired) electrons. The summed E-state index contributed by atoms with van der Waals surface area (Å²) in [5.41, 5.74) is 0.00975. The molecule has 0 saturated carbocycles. The highest BCUT2D eigenvalue weighted by Crippen LogP contribution is 2.31. The second-order valence-electron chi connectivity index (χ2n) is 11.8. The summed E-state index contributed by atoms with van der Waals surface area (Å²) in [5, 5.41) is 14.8. The van der Waals surface area contributed by atoms with Crippen LogP contribution in [0.4, 0.5) is 0 Å². The number of likely N-dealkylation sites (N-methyl/N-ethyl adjacent to an activating group) is 1. The van der Waals surface area contributed by atoms with Gasteiger partial charge in [0.15, 0.2) is 5.69 Å². The van der Waals surface area contributed by atoms with Gasteiger partial charge in [-0.1, -0.05) is 66.7 Å². The van der Waals surface area contributed by atoms with Crippen molar-refractivity contribution in [2.24, 2.45) is 11.8 Å². The molecule has 0 unspecified atom stereocenters. The molecule has 0 aromatic carbocycles. The summed E-state index contributed by atoms with van der Waals surface area (Å²) in [6.45, 7) is 14.3. The monoisotopic (exact) mass is 594 g/mol. The molecule has 234 valence electrons. The van der Waals surface area contributed by atoms with Crippen LogP contribution in [0, 0.1) is 11.8 Å². The van der Waals surface area contributed by atoms with Crippen LogP contribution < -0.4 is 5.32 Å². The minimum Gasteiger partial charge on any atom is -0.476 e. The van der Waals surface area contributed by atoms with Gasteiger partial charge < -0.3 is 20.1 Å². The zero-order chi connectivity index (χ0) is 30.5. The maximum absolute atomic E-state index is 14.5. The van der Waals surface area contributed by atoms with Gasteiger partial charge in [-0.25, -0.2) is 9.78 Å². The first-order valence-electron chi connectivity index (χ1n) is 15.7. The number of nitrogens with one attached hydrogen (secondary N) is 1. The third-order valence-corrected chi connectivity index (χ3v) is 9.33. The lowest BCUT2D eigenvalue weighted by molar-refractivity contribution is -0.143. The van der Waals surface area contributed by atoms with Crippen LogP contribution in [0.5, 0.6) is 0 Å². The van der Waals surface area contributed by atoms with E-state index in [2.05, 4.69) is 42.9 Å². The molecule has 2 rings (SSSR count). The van der Waals surface area contributed by atoms with Gasteiger partial charge in [-0.3, -0.25) is 14.5 Å². The van der Waals surface area contributed by atoms with E-state index in [4.69, 9.17) is 4.74 Å². The Labute approximate surface area is 251 Å². The third-order valence-electron chi connectivity index (χ3n) is 8.40. The number of carbonyl (C=O) groups excluding carboxylic acids is 2. The second kappa shape index (κ2) is 17.8. The Bertz CT molecular complexity index is 955. The minimum atomic E-state index is -1.06. The van der Waals surface area contributed by atoms with Gasteiger partial charge in [-0.05, 0) is 51.6 Å². The number of amides is 2. The van der Waals surface area contributed by atoms with Gasteiger partial charge in [0.25, 0.3) is 0 Å². The van der Waals surface area contributed by atoms with Crippen LogP contribution in [0.1, 0.15) is 121 Å². The molecule has 2 heterocycles. The van der Waals surface area contributed by atoms with Crippen molar-refractivity contribution in [2.45, 2.75) is 124 Å². The highest BCUT2D eigenvalue weighted by atomic mass is 32.1. The van der Waals surface area contributed by atoms with Crippen LogP contribution in [0.3, 0.4) is 0 Å². The molecule has 2 amide bonds. The zero-order valence-corrected chi connectivity index (χ0v) is 27.2. The largest absolute Gasteiger partial charge is 0.476 e. The number of hydrogen-bond acceptors (Lipinski definition) is 7. The molecular weight excluding hydrogens is 540 g/mol. The van der Waals surface area contributed by atoms with Crippen LogP contribution in [0.15, 0.2) is 5.38 Å². The number of carboxylic acid groups (broad SMARTS) is 1. The standard InChI is InChI=1S/C31H54N4O5S/c1-8-11-12-14-18-35(25(21(4)5)19-26(40-10-3)29-32-23(20-41-29)31(38)39)30(37)27(22(6)9-2)33-28(36)24-16-13-15-17-34(24)7/h20-22,24-27H,8-19H2,1-7H3,(H,33,36)(H,38,39)/t22-,24+,25+,26+,27-/m0/s1. The third kappa shape index (κ3) is 10.3. The van der Waals surface area contributed by atoms with Crippen molar-refractivity contribution in [1.29, 1.82) is 0 Å². The average Bonchev–Trinajstić information content (AvgIpc) is 3.44. The van der Waals surface area contributed by atoms with Gasteiger partial charge in [0.2, 0.25) is 11.8 Å². The first-order chi connectivity index (χ1) is 19.5. The molecule has 41 heavy (non-hydrogen) atoms. The smallest absolute Gasteiger partial charge is 0.355 e. The van der Waals surface area contributed by atoms with E-state index in [9.17, 15) is 19.5 Å². The number of ether oxygens (including phenoxy) is 1. The predicted octanol–water partition coefficient (Wildman–Crippen LogP) is 5.76. The zero-order valence-electron chi connectivity index (χ0n) is 26.4. The van der Waals surface area contributed by atoms with Gasteiger partial charge in [-0.15, -0.1) is 11.3 Å². The first kappa shape index (κ1) is 35.2. The summed E-state index contributed by atoms with van der Waals surface area (Å²) in [6, 6.07) is -0.990. The van der Waals surface area contributed by atoms with Gasteiger partial charge in [0.05, 0.1) is 6.04 Å². The van der Waals surface area contributed by atoms with Crippen molar-refractivity contribution in [3.05, 3.63) is 16.1 Å². The molecule has 1 fully saturated rings. The number of unbranched alkanes of at least 4 members (excludes halogenated alkanes) is 3. The summed E-state index contributed by atoms with van der Waals surface area (Å²) >= 11 is 1.28. The lowest BCUT2D eigenvalue weighted by Crippen LogP contribution is -2.59. The highest BCUT2D eigenvalue weighted by Gasteiger charge is 2.38. The molecule has 1 aliphatic heterocycles. The van der Waals surface area contributed by atoms with Crippen LogP contribution in [0.25, 0.3) is 0 Å². The lowest BCUT2D eigenvalue weighted by atomic mass is 9.91. The molecule has 0 aliphatic carbocycles. The number of carboxylic acids is 1. The number of aromatic carboxylic acids is 1. The van der Waals surface area contributed by atoms with Gasteiger partial charge in [0, 0.05) is 31.0 Å². The van der Waals surface area contributed by atoms with Crippen LogP contribution in [0.2, 0.25) is 0 Å². The van der Waals surface area contributed by atoms with E-state index in [1.54, 1.807) is 5.38 Å². The molecule has 1 aromatic heterocycles. The van der Waals surface area contributed by atoms with E-state index in [0.717, 1.165) is 57.9 Å². The number of thiazole rings is 1. The first-order valence-corrected chi connectivity index (χ1v) is 16.5. The highest BCUT2D eigenvalue weighted by molar-refractivity contribution is 7.09. The average molecular weight is 595 g/mol. The molecule has 0 spiro atoms. The fourth-order valence-electron chi connectivity index (χ4n) is 5.62. The normalized spacial score (nSPS) is 19.0. The van der Waals surface area contributed by atoms with Crippen LogP contribution in [-0.4, -0.2) is 82.5 Å². The van der Waals surface area contributed by atoms with Crippen molar-refractivity contribution in [1.82, 2.24) is 20.1 Å². The van der Waals surface area contributed by atoms with Crippen molar-refractivity contribution in [3.63, 3.8) is 0 Å². The fraction of sp³-hybridized carbons (Fsp3) is 0.806. The van der Waals surface area contributed by atoms with E-state index < -0.39 is 18.1 Å². The number of nitrogens with zero attached hydrogens (tertiary/aromatic N) is 3. The molecule has 1 saturated heterocycles. The SMILES string of the molecule is CCCCCCN(C(=O)[C@@H](NC(=O)[C@H]1CCCCN1C)[C@@H](C)CC)[C@H](C[C@@H](OCC)c1nc(C(=O)O)cs1)C(C)C. The minimum absolute atomic E-state index is 0.00975. The molecule has 0 bridgehead atoms. The van der Waals surface area contributed by atoms with Crippen molar-refractivity contribution in [2.75, 3.05) is 26.7 Å². The topological polar surface area (TPSA) is 112 Å². The van der Waals surface area contributed by atoms with E-state index >= 15 is 0 Å². The maximum Gasteiger partial charge on any atom is 0.355 e. The summed E-state index contributed by atoms with van der Waals surface area (Å²) in [7, 11) is 1.99. The summed E-state index contributed by atoms with van der Waals surface area (Å²) in [6.07, 6.45) is 7.88. The Hall–Kier alpha value is -2.04. The van der Waals surface area contributed by atoms with E-state index in [1.807, 2.05) is 25.8 Å². The predicted molar refractivity (Wildman–Crippen MR) is 164 cm³/mol.